The summed E-state index contributed by atoms with van der Waals surface area (Å²) < 4.78 is 48.9. The van der Waals surface area contributed by atoms with Gasteiger partial charge in [-0.2, -0.15) is 4.31 Å². The molecule has 0 aromatic rings. The van der Waals surface area contributed by atoms with Gasteiger partial charge in [-0.25, -0.2) is 16.8 Å². The molecule has 2 rings (SSSR count). The van der Waals surface area contributed by atoms with Crippen LogP contribution in [0, 0.1) is 5.92 Å². The van der Waals surface area contributed by atoms with Crippen LogP contribution in [0.25, 0.3) is 0 Å². The SMILES string of the molecule is CC(C)C(C(=O)NCC1CCCS1(=O)=O)N1CCCS1(=O)=O. The normalized spacial score (nSPS) is 28.8. The van der Waals surface area contributed by atoms with Crippen LogP contribution in [-0.2, 0) is 24.7 Å². The van der Waals surface area contributed by atoms with E-state index in [0.717, 1.165) is 0 Å². The minimum atomic E-state index is -3.38. The van der Waals surface area contributed by atoms with Crippen molar-refractivity contribution in [3.8, 4) is 0 Å². The van der Waals surface area contributed by atoms with Gasteiger partial charge >= 0.3 is 0 Å². The van der Waals surface area contributed by atoms with Crippen LogP contribution in [0.1, 0.15) is 33.1 Å². The number of sulfone groups is 1. The quantitative estimate of drug-likeness (QED) is 0.735. The van der Waals surface area contributed by atoms with Gasteiger partial charge in [-0.3, -0.25) is 4.79 Å². The van der Waals surface area contributed by atoms with E-state index in [4.69, 9.17) is 0 Å². The number of amides is 1. The molecule has 0 aromatic carbocycles. The Balaban J connectivity index is 2.05. The Morgan fingerprint density at radius 3 is 2.32 bits per heavy atom. The molecule has 2 atom stereocenters. The van der Waals surface area contributed by atoms with E-state index in [1.165, 1.54) is 4.31 Å². The van der Waals surface area contributed by atoms with Gasteiger partial charge in [0, 0.05) is 13.1 Å². The monoisotopic (exact) mass is 352 g/mol. The van der Waals surface area contributed by atoms with Crippen molar-refractivity contribution in [3.63, 3.8) is 0 Å². The summed E-state index contributed by atoms with van der Waals surface area (Å²) in [6.07, 6.45) is 1.70. The molecule has 2 aliphatic heterocycles. The molecule has 22 heavy (non-hydrogen) atoms. The molecule has 9 heteroatoms. The molecule has 128 valence electrons. The lowest BCUT2D eigenvalue weighted by molar-refractivity contribution is -0.126. The fourth-order valence-electron chi connectivity index (χ4n) is 3.14. The summed E-state index contributed by atoms with van der Waals surface area (Å²) in [5.41, 5.74) is 0. The highest BCUT2D eigenvalue weighted by molar-refractivity contribution is 7.92. The van der Waals surface area contributed by atoms with E-state index < -0.39 is 37.1 Å². The van der Waals surface area contributed by atoms with E-state index in [1.807, 2.05) is 0 Å². The van der Waals surface area contributed by atoms with Crippen LogP contribution < -0.4 is 5.32 Å². The molecule has 0 radical (unpaired) electrons. The first-order valence-electron chi connectivity index (χ1n) is 7.64. The predicted octanol–water partition coefficient (Wildman–Crippen LogP) is -0.260. The largest absolute Gasteiger partial charge is 0.353 e. The van der Waals surface area contributed by atoms with Crippen molar-refractivity contribution in [2.24, 2.45) is 5.92 Å². The minimum Gasteiger partial charge on any atom is -0.353 e. The number of rotatable bonds is 5. The van der Waals surface area contributed by atoms with Gasteiger partial charge in [0.25, 0.3) is 0 Å². The molecule has 2 heterocycles. The van der Waals surface area contributed by atoms with E-state index in [-0.39, 0.29) is 24.0 Å². The van der Waals surface area contributed by atoms with Crippen LogP contribution in [0.2, 0.25) is 0 Å². The molecule has 2 fully saturated rings. The van der Waals surface area contributed by atoms with Gasteiger partial charge < -0.3 is 5.32 Å². The van der Waals surface area contributed by atoms with Crippen LogP contribution in [0.5, 0.6) is 0 Å². The molecule has 7 nitrogen and oxygen atoms in total. The van der Waals surface area contributed by atoms with Crippen molar-refractivity contribution >= 4 is 25.8 Å². The third kappa shape index (κ3) is 3.62. The topological polar surface area (TPSA) is 101 Å². The van der Waals surface area contributed by atoms with E-state index in [9.17, 15) is 21.6 Å². The maximum atomic E-state index is 12.4. The average molecular weight is 352 g/mol. The van der Waals surface area contributed by atoms with Crippen LogP contribution >= 0.6 is 0 Å². The average Bonchev–Trinajstić information content (AvgIpc) is 2.89. The molecule has 2 aliphatic rings. The van der Waals surface area contributed by atoms with Crippen molar-refractivity contribution in [2.45, 2.75) is 44.4 Å². The summed E-state index contributed by atoms with van der Waals surface area (Å²) in [5.74, 6) is -0.335. The molecule has 0 aromatic heterocycles. The molecule has 0 bridgehead atoms. The van der Waals surface area contributed by atoms with E-state index in [2.05, 4.69) is 5.32 Å². The second kappa shape index (κ2) is 6.45. The van der Waals surface area contributed by atoms with Crippen molar-refractivity contribution < 1.29 is 21.6 Å². The second-order valence-corrected chi connectivity index (χ2v) is 10.8. The van der Waals surface area contributed by atoms with E-state index >= 15 is 0 Å². The van der Waals surface area contributed by atoms with Gasteiger partial charge in [0.2, 0.25) is 15.9 Å². The van der Waals surface area contributed by atoms with Crippen molar-refractivity contribution in [3.05, 3.63) is 0 Å². The first-order chi connectivity index (χ1) is 10.1. The minimum absolute atomic E-state index is 0.0677. The van der Waals surface area contributed by atoms with Gasteiger partial charge in [0.05, 0.1) is 16.8 Å². The fourth-order valence-corrected chi connectivity index (χ4v) is 6.73. The number of nitrogens with one attached hydrogen (secondary N) is 1. The lowest BCUT2D eigenvalue weighted by Gasteiger charge is -2.28. The molecule has 2 unspecified atom stereocenters. The molecule has 1 amide bonds. The van der Waals surface area contributed by atoms with Gasteiger partial charge in [-0.1, -0.05) is 13.8 Å². The summed E-state index contributed by atoms with van der Waals surface area (Å²) >= 11 is 0. The van der Waals surface area contributed by atoms with Gasteiger partial charge in [0.15, 0.2) is 9.84 Å². The first-order valence-corrected chi connectivity index (χ1v) is 11.0. The highest BCUT2D eigenvalue weighted by Crippen LogP contribution is 2.23. The predicted molar refractivity (Wildman–Crippen MR) is 83.6 cm³/mol. The van der Waals surface area contributed by atoms with Crippen molar-refractivity contribution in [1.82, 2.24) is 9.62 Å². The Hall–Kier alpha value is -0.670. The summed E-state index contributed by atoms with van der Waals surface area (Å²) in [7, 11) is -6.50. The smallest absolute Gasteiger partial charge is 0.238 e. The molecule has 0 aliphatic carbocycles. The Bertz CT molecular complexity index is 627. The third-order valence-corrected chi connectivity index (χ3v) is 8.52. The van der Waals surface area contributed by atoms with Crippen LogP contribution in [0.4, 0.5) is 0 Å². The molecule has 0 spiro atoms. The Labute approximate surface area is 132 Å². The number of carbonyl (C=O) groups is 1. The zero-order chi connectivity index (χ0) is 16.5. The van der Waals surface area contributed by atoms with Gasteiger partial charge in [0.1, 0.15) is 6.04 Å². The lowest BCUT2D eigenvalue weighted by Crippen LogP contribution is -2.51. The lowest BCUT2D eigenvalue weighted by atomic mass is 10.0. The van der Waals surface area contributed by atoms with E-state index in [0.29, 0.717) is 25.8 Å². The highest BCUT2D eigenvalue weighted by atomic mass is 32.2. The number of carbonyl (C=O) groups excluding carboxylic acids is 1. The molecular formula is C13H24N2O5S2. The number of hydrogen-bond donors (Lipinski definition) is 1. The van der Waals surface area contributed by atoms with Crippen molar-refractivity contribution in [2.75, 3.05) is 24.6 Å². The fraction of sp³-hybridized carbons (Fsp3) is 0.923. The number of hydrogen-bond acceptors (Lipinski definition) is 5. The maximum Gasteiger partial charge on any atom is 0.238 e. The summed E-state index contributed by atoms with van der Waals surface area (Å²) in [6, 6.07) is -0.767. The zero-order valence-corrected chi connectivity index (χ0v) is 14.6. The Kier molecular flexibility index (Phi) is 5.18. The molecule has 2 saturated heterocycles. The van der Waals surface area contributed by atoms with Gasteiger partial charge in [-0.15, -0.1) is 0 Å². The van der Waals surface area contributed by atoms with Crippen LogP contribution in [0.15, 0.2) is 0 Å². The first kappa shape index (κ1) is 17.7. The second-order valence-electron chi connectivity index (χ2n) is 6.35. The number of nitrogens with zero attached hydrogens (tertiary/aromatic N) is 1. The highest BCUT2D eigenvalue weighted by Gasteiger charge is 2.40. The summed E-state index contributed by atoms with van der Waals surface area (Å²) in [4.78, 5) is 12.4. The van der Waals surface area contributed by atoms with Gasteiger partial charge in [-0.05, 0) is 25.2 Å². The standard InChI is InChI=1S/C13H24N2O5S2/c1-10(2)12(15-6-4-8-22(15,19)20)13(16)14-9-11-5-3-7-21(11,17)18/h10-12H,3-9H2,1-2H3,(H,14,16). The zero-order valence-electron chi connectivity index (χ0n) is 13.0. The Morgan fingerprint density at radius 1 is 1.18 bits per heavy atom. The van der Waals surface area contributed by atoms with Crippen LogP contribution in [-0.4, -0.2) is 62.9 Å². The Morgan fingerprint density at radius 2 is 1.86 bits per heavy atom. The number of sulfonamides is 1. The third-order valence-electron chi connectivity index (χ3n) is 4.32. The molecular weight excluding hydrogens is 328 g/mol. The molecule has 1 N–H and O–H groups in total. The van der Waals surface area contributed by atoms with Crippen molar-refractivity contribution in [1.29, 1.82) is 0 Å². The van der Waals surface area contributed by atoms with E-state index in [1.54, 1.807) is 13.8 Å². The summed E-state index contributed by atoms with van der Waals surface area (Å²) in [6.45, 7) is 4.01. The summed E-state index contributed by atoms with van der Waals surface area (Å²) in [5, 5.41) is 2.11. The van der Waals surface area contributed by atoms with Crippen LogP contribution in [0.3, 0.4) is 0 Å². The molecule has 0 saturated carbocycles. The maximum absolute atomic E-state index is 12.4.